The molecule has 3 nitrogen and oxygen atoms in total. The molecule has 2 aromatic carbocycles. The van der Waals surface area contributed by atoms with Gasteiger partial charge in [0.1, 0.15) is 17.4 Å². The minimum atomic E-state index is 0.581. The van der Waals surface area contributed by atoms with Gasteiger partial charge in [0.25, 0.3) is 0 Å². The van der Waals surface area contributed by atoms with Crippen LogP contribution in [0.5, 0.6) is 5.75 Å². The highest BCUT2D eigenvalue weighted by Gasteiger charge is 2.05. The van der Waals surface area contributed by atoms with E-state index in [1.54, 1.807) is 11.3 Å². The van der Waals surface area contributed by atoms with Gasteiger partial charge in [0.15, 0.2) is 0 Å². The number of ether oxygens (including phenoxy) is 1. The molecule has 0 saturated carbocycles. The lowest BCUT2D eigenvalue weighted by Gasteiger charge is -2.06. The summed E-state index contributed by atoms with van der Waals surface area (Å²) in [6.45, 7) is 1.22. The fourth-order valence-corrected chi connectivity index (χ4v) is 3.00. The Labute approximate surface area is 134 Å². The van der Waals surface area contributed by atoms with Gasteiger partial charge in [-0.05, 0) is 36.4 Å². The number of nitrogens with two attached hydrogens (primary N) is 1. The van der Waals surface area contributed by atoms with Gasteiger partial charge in [-0.3, -0.25) is 0 Å². The summed E-state index contributed by atoms with van der Waals surface area (Å²) in [5.74, 6) is 0.867. The van der Waals surface area contributed by atoms with Crippen molar-refractivity contribution in [1.29, 1.82) is 0 Å². The molecule has 4 heteroatoms. The van der Waals surface area contributed by atoms with Gasteiger partial charge in [0.05, 0.1) is 5.69 Å². The first-order valence-electron chi connectivity index (χ1n) is 7.27. The van der Waals surface area contributed by atoms with Crippen molar-refractivity contribution in [3.05, 3.63) is 71.2 Å². The third-order valence-corrected chi connectivity index (χ3v) is 4.24. The average molecular weight is 310 g/mol. The normalized spacial score (nSPS) is 10.6. The predicted octanol–water partition coefficient (Wildman–Crippen LogP) is 3.89. The van der Waals surface area contributed by atoms with Crippen LogP contribution in [0.2, 0.25) is 0 Å². The Morgan fingerprint density at radius 1 is 1.00 bits per heavy atom. The monoisotopic (exact) mass is 310 g/mol. The zero-order valence-electron chi connectivity index (χ0n) is 12.2. The average Bonchev–Trinajstić information content (AvgIpc) is 3.03. The van der Waals surface area contributed by atoms with E-state index in [2.05, 4.69) is 22.5 Å². The van der Waals surface area contributed by atoms with E-state index < -0.39 is 0 Å². The largest absolute Gasteiger partial charge is 0.489 e. The van der Waals surface area contributed by atoms with Crippen molar-refractivity contribution in [3.63, 3.8) is 0 Å². The molecule has 2 N–H and O–H groups in total. The maximum absolute atomic E-state index is 5.79. The van der Waals surface area contributed by atoms with Crippen LogP contribution in [-0.4, -0.2) is 11.5 Å². The highest BCUT2D eigenvalue weighted by atomic mass is 32.1. The van der Waals surface area contributed by atoms with Crippen molar-refractivity contribution < 1.29 is 4.74 Å². The van der Waals surface area contributed by atoms with Crippen molar-refractivity contribution in [1.82, 2.24) is 4.98 Å². The molecule has 1 heterocycles. The van der Waals surface area contributed by atoms with Gasteiger partial charge in [-0.25, -0.2) is 4.98 Å². The number of benzene rings is 2. The standard InChI is InChI=1S/C18H18N2OS/c19-11-10-16-13-22-18(20-16)15-6-8-17(9-7-15)21-12-14-4-2-1-3-5-14/h1-9,13H,10-12,19H2. The number of rotatable bonds is 6. The Kier molecular flexibility index (Phi) is 4.83. The molecule has 3 rings (SSSR count). The maximum Gasteiger partial charge on any atom is 0.123 e. The lowest BCUT2D eigenvalue weighted by atomic mass is 10.2. The summed E-state index contributed by atoms with van der Waals surface area (Å²) in [6.07, 6.45) is 0.828. The molecule has 0 saturated heterocycles. The molecular weight excluding hydrogens is 292 g/mol. The molecule has 3 aromatic rings. The van der Waals surface area contributed by atoms with Gasteiger partial charge in [-0.2, -0.15) is 0 Å². The van der Waals surface area contributed by atoms with E-state index in [-0.39, 0.29) is 0 Å². The summed E-state index contributed by atoms with van der Waals surface area (Å²) in [6, 6.07) is 18.2. The van der Waals surface area contributed by atoms with Crippen molar-refractivity contribution in [2.45, 2.75) is 13.0 Å². The summed E-state index contributed by atoms with van der Waals surface area (Å²) < 4.78 is 5.79. The maximum atomic E-state index is 5.79. The molecule has 0 atom stereocenters. The van der Waals surface area contributed by atoms with Crippen LogP contribution < -0.4 is 10.5 Å². The molecule has 0 aliphatic heterocycles. The zero-order chi connectivity index (χ0) is 15.2. The van der Waals surface area contributed by atoms with Crippen molar-refractivity contribution in [2.24, 2.45) is 5.73 Å². The topological polar surface area (TPSA) is 48.1 Å². The first kappa shape index (κ1) is 14.8. The first-order valence-corrected chi connectivity index (χ1v) is 8.15. The second kappa shape index (κ2) is 7.20. The Hall–Kier alpha value is -2.17. The lowest BCUT2D eigenvalue weighted by molar-refractivity contribution is 0.306. The lowest BCUT2D eigenvalue weighted by Crippen LogP contribution is -2.02. The Morgan fingerprint density at radius 3 is 2.50 bits per heavy atom. The molecule has 112 valence electrons. The highest BCUT2D eigenvalue weighted by Crippen LogP contribution is 2.26. The SMILES string of the molecule is NCCc1csc(-c2ccc(OCc3ccccc3)cc2)n1. The molecule has 0 fully saturated rings. The third kappa shape index (κ3) is 3.72. The zero-order valence-corrected chi connectivity index (χ0v) is 13.1. The summed E-state index contributed by atoms with van der Waals surface area (Å²) in [4.78, 5) is 4.59. The molecule has 0 amide bonds. The molecule has 1 aromatic heterocycles. The fourth-order valence-electron chi connectivity index (χ4n) is 2.14. The smallest absolute Gasteiger partial charge is 0.123 e. The van der Waals surface area contributed by atoms with Crippen LogP contribution in [0.25, 0.3) is 10.6 Å². The predicted molar refractivity (Wildman–Crippen MR) is 91.1 cm³/mol. The van der Waals surface area contributed by atoms with Gasteiger partial charge in [-0.15, -0.1) is 11.3 Å². The van der Waals surface area contributed by atoms with E-state index in [0.717, 1.165) is 34.0 Å². The van der Waals surface area contributed by atoms with Crippen molar-refractivity contribution in [3.8, 4) is 16.3 Å². The molecule has 0 radical (unpaired) electrons. The summed E-state index contributed by atoms with van der Waals surface area (Å²) in [5, 5.41) is 3.10. The van der Waals surface area contributed by atoms with Gasteiger partial charge in [-0.1, -0.05) is 30.3 Å². The van der Waals surface area contributed by atoms with E-state index in [9.17, 15) is 0 Å². The highest BCUT2D eigenvalue weighted by molar-refractivity contribution is 7.13. The molecule has 0 aliphatic rings. The first-order chi connectivity index (χ1) is 10.8. The van der Waals surface area contributed by atoms with E-state index >= 15 is 0 Å². The van der Waals surface area contributed by atoms with Crippen LogP contribution in [0.4, 0.5) is 0 Å². The number of hydrogen-bond acceptors (Lipinski definition) is 4. The van der Waals surface area contributed by atoms with Crippen molar-refractivity contribution in [2.75, 3.05) is 6.54 Å². The minimum Gasteiger partial charge on any atom is -0.489 e. The number of aromatic nitrogens is 1. The minimum absolute atomic E-state index is 0.581. The fraction of sp³-hybridized carbons (Fsp3) is 0.167. The molecule has 0 unspecified atom stereocenters. The van der Waals surface area contributed by atoms with E-state index in [0.29, 0.717) is 13.2 Å². The Balaban J connectivity index is 1.64. The van der Waals surface area contributed by atoms with Gasteiger partial charge >= 0.3 is 0 Å². The van der Waals surface area contributed by atoms with E-state index in [1.807, 2.05) is 42.5 Å². The molecule has 0 aliphatic carbocycles. The third-order valence-electron chi connectivity index (χ3n) is 3.30. The number of hydrogen-bond donors (Lipinski definition) is 1. The van der Waals surface area contributed by atoms with Crippen LogP contribution in [0.1, 0.15) is 11.3 Å². The van der Waals surface area contributed by atoms with Gasteiger partial charge < -0.3 is 10.5 Å². The Bertz CT molecular complexity index is 707. The molecule has 0 bridgehead atoms. The van der Waals surface area contributed by atoms with Gasteiger partial charge in [0.2, 0.25) is 0 Å². The summed E-state index contributed by atoms with van der Waals surface area (Å²) in [5.41, 5.74) is 8.90. The molecular formula is C18H18N2OS. The second-order valence-corrected chi connectivity index (χ2v) is 5.84. The van der Waals surface area contributed by atoms with E-state index in [4.69, 9.17) is 10.5 Å². The Morgan fingerprint density at radius 2 is 1.77 bits per heavy atom. The van der Waals surface area contributed by atoms with Crippen LogP contribution in [0.3, 0.4) is 0 Å². The van der Waals surface area contributed by atoms with Gasteiger partial charge in [0, 0.05) is 17.4 Å². The van der Waals surface area contributed by atoms with Crippen LogP contribution >= 0.6 is 11.3 Å². The van der Waals surface area contributed by atoms with E-state index in [1.165, 1.54) is 0 Å². The van der Waals surface area contributed by atoms with Crippen LogP contribution in [0, 0.1) is 0 Å². The quantitative estimate of drug-likeness (QED) is 0.751. The second-order valence-electron chi connectivity index (χ2n) is 4.98. The van der Waals surface area contributed by atoms with Crippen molar-refractivity contribution >= 4 is 11.3 Å². The summed E-state index contributed by atoms with van der Waals surface area (Å²) in [7, 11) is 0. The van der Waals surface area contributed by atoms with Crippen LogP contribution in [-0.2, 0) is 13.0 Å². The van der Waals surface area contributed by atoms with Crippen LogP contribution in [0.15, 0.2) is 60.0 Å². The molecule has 22 heavy (non-hydrogen) atoms. The number of nitrogens with zero attached hydrogens (tertiary/aromatic N) is 1. The summed E-state index contributed by atoms with van der Waals surface area (Å²) >= 11 is 1.65. The number of thiazole rings is 1. The molecule has 0 spiro atoms.